The molecule has 3 aromatic rings. The van der Waals surface area contributed by atoms with Crippen LogP contribution in [0.3, 0.4) is 0 Å². The number of halogens is 3. The zero-order valence-electron chi connectivity index (χ0n) is 18.3. The highest BCUT2D eigenvalue weighted by atomic mass is 19.4. The van der Waals surface area contributed by atoms with Gasteiger partial charge in [0.05, 0.1) is 11.2 Å². The van der Waals surface area contributed by atoms with Gasteiger partial charge in [0.15, 0.2) is 0 Å². The number of aliphatic carboxylic acids is 1. The van der Waals surface area contributed by atoms with Crippen LogP contribution in [0.5, 0.6) is 0 Å². The van der Waals surface area contributed by atoms with Crippen molar-refractivity contribution in [1.29, 1.82) is 0 Å². The number of carboxylic acids is 1. The van der Waals surface area contributed by atoms with Crippen molar-refractivity contribution in [2.75, 3.05) is 19.6 Å². The first-order chi connectivity index (χ1) is 15.8. The summed E-state index contributed by atoms with van der Waals surface area (Å²) < 4.78 is 39.2. The van der Waals surface area contributed by atoms with Crippen molar-refractivity contribution in [3.05, 3.63) is 35.9 Å². The molecule has 0 amide bonds. The number of hydrogen-bond acceptors (Lipinski definition) is 6. The molecule has 0 unspecified atom stereocenters. The van der Waals surface area contributed by atoms with Crippen LogP contribution in [0.15, 0.2) is 28.8 Å². The highest BCUT2D eigenvalue weighted by Crippen LogP contribution is 2.42. The molecule has 11 heteroatoms. The third kappa shape index (κ3) is 5.35. The van der Waals surface area contributed by atoms with Gasteiger partial charge in [-0.05, 0) is 63.0 Å². The number of carbonyl (C=O) groups is 1. The number of para-hydroxylation sites is 1. The maximum atomic E-state index is 10.6. The monoisotopic (exact) mass is 465 g/mol. The molecule has 3 heterocycles. The number of rotatable bonds is 5. The van der Waals surface area contributed by atoms with Gasteiger partial charge in [-0.15, -0.1) is 0 Å². The third-order valence-corrected chi connectivity index (χ3v) is 5.92. The van der Waals surface area contributed by atoms with Crippen LogP contribution in [0.2, 0.25) is 0 Å². The fraction of sp³-hybridized carbons (Fsp3) is 0.545. The van der Waals surface area contributed by atoms with Crippen LogP contribution in [0, 0.1) is 0 Å². The summed E-state index contributed by atoms with van der Waals surface area (Å²) in [5.41, 5.74) is 2.25. The van der Waals surface area contributed by atoms with E-state index in [1.807, 2.05) is 10.7 Å². The van der Waals surface area contributed by atoms with Gasteiger partial charge in [0.25, 0.3) is 5.95 Å². The Hall–Kier alpha value is -2.95. The first kappa shape index (κ1) is 23.2. The van der Waals surface area contributed by atoms with E-state index in [-0.39, 0.29) is 0 Å². The quantitative estimate of drug-likeness (QED) is 0.592. The lowest BCUT2D eigenvalue weighted by Gasteiger charge is -2.29. The lowest BCUT2D eigenvalue weighted by Crippen LogP contribution is -2.33. The normalized spacial score (nSPS) is 17.7. The summed E-state index contributed by atoms with van der Waals surface area (Å²) in [6.45, 7) is 5.66. The second-order valence-electron chi connectivity index (χ2n) is 8.44. The minimum absolute atomic E-state index is 0.370. The number of benzene rings is 1. The summed E-state index contributed by atoms with van der Waals surface area (Å²) in [5.74, 6) is -0.459. The average molecular weight is 465 g/mol. The van der Waals surface area contributed by atoms with E-state index in [2.05, 4.69) is 35.2 Å². The van der Waals surface area contributed by atoms with E-state index in [1.165, 1.54) is 36.9 Å². The van der Waals surface area contributed by atoms with Crippen molar-refractivity contribution in [3.8, 4) is 5.95 Å². The number of alkyl halides is 3. The number of likely N-dealkylation sites (tertiary alicyclic amines) is 1. The first-order valence-corrected chi connectivity index (χ1v) is 11.1. The minimum atomic E-state index is -5.08. The molecule has 0 bridgehead atoms. The fourth-order valence-electron chi connectivity index (χ4n) is 4.10. The van der Waals surface area contributed by atoms with Gasteiger partial charge in [-0.25, -0.2) is 4.79 Å². The Labute approximate surface area is 188 Å². The van der Waals surface area contributed by atoms with E-state index in [1.54, 1.807) is 0 Å². The summed E-state index contributed by atoms with van der Waals surface area (Å²) in [5, 5.41) is 17.4. The van der Waals surface area contributed by atoms with E-state index in [0.717, 1.165) is 37.3 Å². The van der Waals surface area contributed by atoms with Gasteiger partial charge in [-0.2, -0.15) is 27.9 Å². The number of carboxylic acid groups (broad SMARTS) is 1. The van der Waals surface area contributed by atoms with E-state index in [0.29, 0.717) is 17.8 Å². The summed E-state index contributed by atoms with van der Waals surface area (Å²) in [4.78, 5) is 16.1. The van der Waals surface area contributed by atoms with Gasteiger partial charge in [0.2, 0.25) is 5.89 Å². The predicted molar refractivity (Wildman–Crippen MR) is 113 cm³/mol. The molecule has 2 aliphatic rings. The van der Waals surface area contributed by atoms with Crippen LogP contribution in [0.25, 0.3) is 16.9 Å². The van der Waals surface area contributed by atoms with Crippen molar-refractivity contribution in [1.82, 2.24) is 24.8 Å². The number of hydrogen-bond donors (Lipinski definition) is 1. The number of fused-ring (bicyclic) bond motifs is 1. The van der Waals surface area contributed by atoms with Gasteiger partial charge in [-0.3, -0.25) is 0 Å². The Kier molecular flexibility index (Phi) is 6.68. The molecule has 0 radical (unpaired) electrons. The number of nitrogens with zero attached hydrogens (tertiary/aromatic N) is 5. The second-order valence-corrected chi connectivity index (χ2v) is 8.44. The van der Waals surface area contributed by atoms with Crippen LogP contribution in [0.4, 0.5) is 13.2 Å². The molecule has 178 valence electrons. The smallest absolute Gasteiger partial charge is 0.475 e. The molecule has 2 aromatic heterocycles. The van der Waals surface area contributed by atoms with Crippen molar-refractivity contribution in [2.24, 2.45) is 0 Å². The summed E-state index contributed by atoms with van der Waals surface area (Å²) in [7, 11) is 0. The molecule has 1 aromatic carbocycles. The molecular weight excluding hydrogens is 439 g/mol. The third-order valence-electron chi connectivity index (χ3n) is 5.92. The van der Waals surface area contributed by atoms with Gasteiger partial charge in [0.1, 0.15) is 0 Å². The Balaban J connectivity index is 0.000000325. The molecule has 1 N–H and O–H groups in total. The Morgan fingerprint density at radius 1 is 1.15 bits per heavy atom. The molecule has 5 rings (SSSR count). The molecule has 1 saturated carbocycles. The first-order valence-electron chi connectivity index (χ1n) is 11.1. The largest absolute Gasteiger partial charge is 0.490 e. The molecule has 0 atom stereocenters. The zero-order valence-corrected chi connectivity index (χ0v) is 18.3. The Morgan fingerprint density at radius 2 is 1.82 bits per heavy atom. The van der Waals surface area contributed by atoms with Crippen molar-refractivity contribution in [2.45, 2.75) is 57.0 Å². The van der Waals surface area contributed by atoms with Crippen molar-refractivity contribution >= 4 is 16.9 Å². The van der Waals surface area contributed by atoms with Gasteiger partial charge in [0, 0.05) is 17.2 Å². The molecule has 0 spiro atoms. The zero-order chi connectivity index (χ0) is 23.6. The predicted octanol–water partition coefficient (Wildman–Crippen LogP) is 4.51. The Bertz CT molecular complexity index is 1100. The second kappa shape index (κ2) is 9.50. The number of aromatic nitrogens is 4. The minimum Gasteiger partial charge on any atom is -0.475 e. The molecule has 8 nitrogen and oxygen atoms in total. The van der Waals surface area contributed by atoms with E-state index in [9.17, 15) is 13.2 Å². The van der Waals surface area contributed by atoms with Crippen molar-refractivity contribution < 1.29 is 27.6 Å². The van der Waals surface area contributed by atoms with Crippen LogP contribution in [-0.4, -0.2) is 61.7 Å². The van der Waals surface area contributed by atoms with Crippen LogP contribution in [0.1, 0.15) is 62.4 Å². The van der Waals surface area contributed by atoms with Gasteiger partial charge >= 0.3 is 12.1 Å². The van der Waals surface area contributed by atoms with Gasteiger partial charge < -0.3 is 14.5 Å². The molecule has 1 aliphatic heterocycles. The lowest BCUT2D eigenvalue weighted by molar-refractivity contribution is -0.192. The topological polar surface area (TPSA) is 97.3 Å². The highest BCUT2D eigenvalue weighted by Gasteiger charge is 2.38. The van der Waals surface area contributed by atoms with E-state index in [4.69, 9.17) is 24.5 Å². The van der Waals surface area contributed by atoms with E-state index >= 15 is 0 Å². The van der Waals surface area contributed by atoms with Crippen LogP contribution >= 0.6 is 0 Å². The summed E-state index contributed by atoms with van der Waals surface area (Å²) in [6.07, 6.45) is 0.776. The number of piperidine rings is 1. The van der Waals surface area contributed by atoms with Gasteiger partial charge in [-0.1, -0.05) is 25.1 Å². The lowest BCUT2D eigenvalue weighted by atomic mass is 9.97. The summed E-state index contributed by atoms with van der Waals surface area (Å²) >= 11 is 0. The maximum Gasteiger partial charge on any atom is 0.490 e. The average Bonchev–Trinajstić information content (AvgIpc) is 3.38. The van der Waals surface area contributed by atoms with Crippen LogP contribution < -0.4 is 0 Å². The fourth-order valence-corrected chi connectivity index (χ4v) is 4.10. The standard InChI is InChI=1S/C20H25N5O.C2HF3O2/c1-2-11-24-12-9-15(10-13-24)19-21-20(23-26-19)25-17-6-4-3-5-16(17)18(22-25)14-7-8-14;3-2(4,5)1(6)7/h3-6,14-15H,2,7-13H2,1H3;(H,6,7). The molecule has 33 heavy (non-hydrogen) atoms. The Morgan fingerprint density at radius 3 is 2.42 bits per heavy atom. The molecule has 1 aliphatic carbocycles. The van der Waals surface area contributed by atoms with Crippen LogP contribution in [-0.2, 0) is 4.79 Å². The maximum absolute atomic E-state index is 10.6. The molecule has 1 saturated heterocycles. The SMILES string of the molecule is CCCN1CCC(c2nc(-n3nc(C4CC4)c4ccccc43)no2)CC1.O=C(O)C(F)(F)F. The summed E-state index contributed by atoms with van der Waals surface area (Å²) in [6, 6.07) is 8.36. The molecule has 2 fully saturated rings. The highest BCUT2D eigenvalue weighted by molar-refractivity contribution is 5.83. The van der Waals surface area contributed by atoms with Crippen molar-refractivity contribution in [3.63, 3.8) is 0 Å². The molecular formula is C22H26F3N5O3. The van der Waals surface area contributed by atoms with E-state index < -0.39 is 12.1 Å².